The first kappa shape index (κ1) is 11.0. The van der Waals surface area contributed by atoms with Crippen LogP contribution in [0.2, 0.25) is 0 Å². The molecule has 0 saturated carbocycles. The molecule has 1 aromatic heterocycles. The molecule has 14 heavy (non-hydrogen) atoms. The number of nitrogens with one attached hydrogen (secondary N) is 1. The molecule has 0 aromatic carbocycles. The molecule has 78 valence electrons. The average Bonchev–Trinajstić information content (AvgIpc) is 2.14. The summed E-state index contributed by atoms with van der Waals surface area (Å²) in [5.74, 6) is 1.52. The van der Waals surface area contributed by atoms with Crippen LogP contribution in [0.3, 0.4) is 0 Å². The van der Waals surface area contributed by atoms with E-state index in [1.807, 2.05) is 6.20 Å². The van der Waals surface area contributed by atoms with E-state index in [1.54, 1.807) is 6.20 Å². The molecule has 0 aliphatic rings. The van der Waals surface area contributed by atoms with Crippen molar-refractivity contribution in [1.82, 2.24) is 9.97 Å². The van der Waals surface area contributed by atoms with Gasteiger partial charge in [-0.1, -0.05) is 20.8 Å². The van der Waals surface area contributed by atoms with E-state index in [-0.39, 0.29) is 0 Å². The summed E-state index contributed by atoms with van der Waals surface area (Å²) in [6.07, 6.45) is 5.72. The fraction of sp³-hybridized carbons (Fsp3) is 0.636. The number of aromatic nitrogens is 2. The zero-order chi connectivity index (χ0) is 10.4. The van der Waals surface area contributed by atoms with Gasteiger partial charge in [0.2, 0.25) is 0 Å². The van der Waals surface area contributed by atoms with Crippen molar-refractivity contribution in [3.05, 3.63) is 18.1 Å². The highest BCUT2D eigenvalue weighted by molar-refractivity contribution is 5.31. The topological polar surface area (TPSA) is 37.8 Å². The molecule has 0 saturated heterocycles. The van der Waals surface area contributed by atoms with Crippen LogP contribution in [0.15, 0.2) is 12.4 Å². The summed E-state index contributed by atoms with van der Waals surface area (Å²) in [6, 6.07) is 0. The van der Waals surface area contributed by atoms with Crippen molar-refractivity contribution in [2.45, 2.75) is 33.6 Å². The van der Waals surface area contributed by atoms with Gasteiger partial charge in [-0.2, -0.15) is 0 Å². The summed E-state index contributed by atoms with van der Waals surface area (Å²) in [7, 11) is 0. The highest BCUT2D eigenvalue weighted by atomic mass is 15.0. The monoisotopic (exact) mass is 193 g/mol. The van der Waals surface area contributed by atoms with E-state index < -0.39 is 0 Å². The molecule has 0 aliphatic heterocycles. The van der Waals surface area contributed by atoms with Gasteiger partial charge in [-0.05, 0) is 18.8 Å². The van der Waals surface area contributed by atoms with Crippen LogP contribution in [0.4, 0.5) is 5.82 Å². The van der Waals surface area contributed by atoms with Gasteiger partial charge in [-0.3, -0.25) is 4.98 Å². The summed E-state index contributed by atoms with van der Waals surface area (Å²) in [5, 5.41) is 3.23. The predicted octanol–water partition coefficient (Wildman–Crippen LogP) is 2.50. The fourth-order valence-electron chi connectivity index (χ4n) is 1.26. The van der Waals surface area contributed by atoms with E-state index >= 15 is 0 Å². The van der Waals surface area contributed by atoms with Gasteiger partial charge < -0.3 is 5.32 Å². The highest BCUT2D eigenvalue weighted by Crippen LogP contribution is 2.07. The van der Waals surface area contributed by atoms with Crippen LogP contribution < -0.4 is 5.32 Å². The Morgan fingerprint density at radius 1 is 1.36 bits per heavy atom. The van der Waals surface area contributed by atoms with Gasteiger partial charge in [0, 0.05) is 12.7 Å². The number of hydrogen-bond acceptors (Lipinski definition) is 3. The Balaban J connectivity index is 2.59. The van der Waals surface area contributed by atoms with E-state index in [1.165, 1.54) is 0 Å². The second-order valence-corrected chi connectivity index (χ2v) is 3.92. The molecule has 1 N–H and O–H groups in total. The molecule has 0 spiro atoms. The maximum Gasteiger partial charge on any atom is 0.144 e. The van der Waals surface area contributed by atoms with Crippen LogP contribution in [0.25, 0.3) is 0 Å². The average molecular weight is 193 g/mol. The Bertz CT molecular complexity index is 271. The zero-order valence-electron chi connectivity index (χ0n) is 9.25. The van der Waals surface area contributed by atoms with Crippen molar-refractivity contribution in [1.29, 1.82) is 0 Å². The molecule has 0 amide bonds. The van der Waals surface area contributed by atoms with E-state index in [9.17, 15) is 0 Å². The van der Waals surface area contributed by atoms with Gasteiger partial charge in [0.25, 0.3) is 0 Å². The van der Waals surface area contributed by atoms with Gasteiger partial charge in [0.15, 0.2) is 0 Å². The quantitative estimate of drug-likeness (QED) is 0.780. The second-order valence-electron chi connectivity index (χ2n) is 3.92. The van der Waals surface area contributed by atoms with Crippen molar-refractivity contribution in [3.63, 3.8) is 0 Å². The van der Waals surface area contributed by atoms with E-state index in [2.05, 4.69) is 36.1 Å². The molecule has 1 heterocycles. The summed E-state index contributed by atoms with van der Waals surface area (Å²) >= 11 is 0. The molecule has 0 bridgehead atoms. The Hall–Kier alpha value is -1.12. The minimum atomic E-state index is 0.630. The second kappa shape index (κ2) is 5.58. The van der Waals surface area contributed by atoms with E-state index in [4.69, 9.17) is 0 Å². The van der Waals surface area contributed by atoms with Crippen LogP contribution in [0.1, 0.15) is 32.9 Å². The summed E-state index contributed by atoms with van der Waals surface area (Å²) in [4.78, 5) is 8.64. The molecular formula is C11H19N3. The Morgan fingerprint density at radius 3 is 2.79 bits per heavy atom. The van der Waals surface area contributed by atoms with Crippen molar-refractivity contribution < 1.29 is 0 Å². The number of rotatable bonds is 5. The van der Waals surface area contributed by atoms with Gasteiger partial charge in [0.05, 0.1) is 11.9 Å². The molecule has 0 atom stereocenters. The molecule has 1 aromatic rings. The third-order valence-electron chi connectivity index (χ3n) is 1.86. The number of anilines is 1. The Kier molecular flexibility index (Phi) is 4.36. The molecule has 0 radical (unpaired) electrons. The van der Waals surface area contributed by atoms with Crippen molar-refractivity contribution in [2.24, 2.45) is 5.92 Å². The number of hydrogen-bond donors (Lipinski definition) is 1. The van der Waals surface area contributed by atoms with Crippen LogP contribution in [-0.4, -0.2) is 16.5 Å². The van der Waals surface area contributed by atoms with Crippen molar-refractivity contribution in [2.75, 3.05) is 11.9 Å². The van der Waals surface area contributed by atoms with Crippen LogP contribution in [-0.2, 0) is 6.42 Å². The Morgan fingerprint density at radius 2 is 2.14 bits per heavy atom. The van der Waals surface area contributed by atoms with E-state index in [0.717, 1.165) is 30.9 Å². The lowest BCUT2D eigenvalue weighted by Crippen LogP contribution is -2.05. The summed E-state index contributed by atoms with van der Waals surface area (Å²) in [5.41, 5.74) is 1.07. The van der Waals surface area contributed by atoms with Crippen LogP contribution in [0.5, 0.6) is 0 Å². The molecular weight excluding hydrogens is 174 g/mol. The fourth-order valence-corrected chi connectivity index (χ4v) is 1.26. The zero-order valence-corrected chi connectivity index (χ0v) is 9.25. The smallest absolute Gasteiger partial charge is 0.144 e. The summed E-state index contributed by atoms with van der Waals surface area (Å²) < 4.78 is 0. The first-order chi connectivity index (χ1) is 6.72. The summed E-state index contributed by atoms with van der Waals surface area (Å²) in [6.45, 7) is 7.47. The normalized spacial score (nSPS) is 10.6. The molecule has 0 unspecified atom stereocenters. The van der Waals surface area contributed by atoms with Gasteiger partial charge >= 0.3 is 0 Å². The molecule has 3 heteroatoms. The maximum absolute atomic E-state index is 4.48. The lowest BCUT2D eigenvalue weighted by atomic mass is 10.1. The third kappa shape index (κ3) is 3.73. The third-order valence-corrected chi connectivity index (χ3v) is 1.86. The van der Waals surface area contributed by atoms with Gasteiger partial charge in [0.1, 0.15) is 5.82 Å². The predicted molar refractivity (Wildman–Crippen MR) is 59.4 cm³/mol. The van der Waals surface area contributed by atoms with Crippen LogP contribution >= 0.6 is 0 Å². The molecule has 0 fully saturated rings. The SMILES string of the molecule is CCCNc1cncc(CC(C)C)n1. The van der Waals surface area contributed by atoms with Crippen molar-refractivity contribution >= 4 is 5.82 Å². The molecule has 1 rings (SSSR count). The maximum atomic E-state index is 4.48. The van der Waals surface area contributed by atoms with E-state index in [0.29, 0.717) is 5.92 Å². The standard InChI is InChI=1S/C11H19N3/c1-4-5-13-11-8-12-7-10(14-11)6-9(2)3/h7-9H,4-6H2,1-3H3,(H,13,14). The lowest BCUT2D eigenvalue weighted by molar-refractivity contribution is 0.633. The Labute approximate surface area is 86.0 Å². The lowest BCUT2D eigenvalue weighted by Gasteiger charge is -2.07. The molecule has 0 aliphatic carbocycles. The first-order valence-electron chi connectivity index (χ1n) is 5.27. The minimum Gasteiger partial charge on any atom is -0.369 e. The van der Waals surface area contributed by atoms with Gasteiger partial charge in [-0.25, -0.2) is 4.98 Å². The van der Waals surface area contributed by atoms with Gasteiger partial charge in [-0.15, -0.1) is 0 Å². The minimum absolute atomic E-state index is 0.630. The van der Waals surface area contributed by atoms with Crippen LogP contribution in [0, 0.1) is 5.92 Å². The number of nitrogens with zero attached hydrogens (tertiary/aromatic N) is 2. The van der Waals surface area contributed by atoms with Crippen molar-refractivity contribution in [3.8, 4) is 0 Å². The largest absolute Gasteiger partial charge is 0.369 e. The highest BCUT2D eigenvalue weighted by Gasteiger charge is 2.00. The molecule has 3 nitrogen and oxygen atoms in total. The first-order valence-corrected chi connectivity index (χ1v) is 5.27.